The second-order valence-corrected chi connectivity index (χ2v) is 6.53. The molecule has 4 nitrogen and oxygen atoms in total. The molecule has 0 fully saturated rings. The SMILES string of the molecule is C=C(C)C(=O)OCc1ccc(C(F)(F)F)cc1.C=C(C)C(=O)OCc1ccc(F)cc1. The molecule has 2 aromatic carbocycles. The van der Waals surface area contributed by atoms with Gasteiger partial charge in [0.25, 0.3) is 0 Å². The number of hydrogen-bond acceptors (Lipinski definition) is 4. The largest absolute Gasteiger partial charge is 0.457 e. The second kappa shape index (κ2) is 11.7. The van der Waals surface area contributed by atoms with Gasteiger partial charge in [0, 0.05) is 11.1 Å². The van der Waals surface area contributed by atoms with Gasteiger partial charge in [-0.3, -0.25) is 0 Å². The molecule has 0 bridgehead atoms. The van der Waals surface area contributed by atoms with E-state index in [0.717, 1.165) is 17.7 Å². The Hall–Kier alpha value is -3.42. The molecule has 0 aliphatic carbocycles. The molecule has 0 radical (unpaired) electrons. The number of hydrogen-bond donors (Lipinski definition) is 0. The fraction of sp³-hybridized carbons (Fsp3) is 0.217. The van der Waals surface area contributed by atoms with Crippen molar-refractivity contribution in [1.82, 2.24) is 0 Å². The van der Waals surface area contributed by atoms with Gasteiger partial charge in [0.1, 0.15) is 19.0 Å². The van der Waals surface area contributed by atoms with E-state index < -0.39 is 23.7 Å². The normalized spacial score (nSPS) is 10.4. The third-order valence-electron chi connectivity index (χ3n) is 3.63. The van der Waals surface area contributed by atoms with E-state index in [4.69, 9.17) is 9.47 Å². The average molecular weight is 438 g/mol. The fourth-order valence-corrected chi connectivity index (χ4v) is 1.91. The van der Waals surface area contributed by atoms with E-state index in [1.54, 1.807) is 19.1 Å². The minimum Gasteiger partial charge on any atom is -0.457 e. The smallest absolute Gasteiger partial charge is 0.416 e. The molecule has 0 aliphatic heterocycles. The Bertz CT molecular complexity index is 914. The van der Waals surface area contributed by atoms with E-state index in [2.05, 4.69) is 13.2 Å². The first-order valence-electron chi connectivity index (χ1n) is 8.96. The minimum absolute atomic E-state index is 0.0656. The number of carbonyl (C=O) groups excluding carboxylic acids is 2. The summed E-state index contributed by atoms with van der Waals surface area (Å²) in [4.78, 5) is 22.0. The zero-order chi connectivity index (χ0) is 23.6. The predicted octanol–water partition coefficient (Wildman–Crippen LogP) is 5.77. The van der Waals surface area contributed by atoms with E-state index in [1.807, 2.05) is 0 Å². The standard InChI is InChI=1S/C12H11F3O2.C11H11FO2/c1-8(2)11(16)17-7-9-3-5-10(6-4-9)12(13,14)15;1-8(2)11(13)14-7-9-3-5-10(12)6-4-9/h3-6H,1,7H2,2H3;3-6H,1,7H2,2H3. The van der Waals surface area contributed by atoms with Crippen LogP contribution in [0.15, 0.2) is 72.8 Å². The molecule has 0 amide bonds. The van der Waals surface area contributed by atoms with E-state index >= 15 is 0 Å². The molecule has 0 unspecified atom stereocenters. The molecule has 166 valence electrons. The predicted molar refractivity (Wildman–Crippen MR) is 107 cm³/mol. The summed E-state index contributed by atoms with van der Waals surface area (Å²) in [6.07, 6.45) is -4.35. The summed E-state index contributed by atoms with van der Waals surface area (Å²) >= 11 is 0. The molecule has 31 heavy (non-hydrogen) atoms. The maximum Gasteiger partial charge on any atom is 0.416 e. The molecular weight excluding hydrogens is 416 g/mol. The highest BCUT2D eigenvalue weighted by molar-refractivity contribution is 5.87. The van der Waals surface area contributed by atoms with E-state index in [1.165, 1.54) is 31.2 Å². The van der Waals surface area contributed by atoms with Crippen LogP contribution >= 0.6 is 0 Å². The molecule has 0 aromatic heterocycles. The summed E-state index contributed by atoms with van der Waals surface area (Å²) < 4.78 is 58.9. The van der Waals surface area contributed by atoms with Gasteiger partial charge in [0.2, 0.25) is 0 Å². The Morgan fingerprint density at radius 1 is 0.774 bits per heavy atom. The number of halogens is 4. The van der Waals surface area contributed by atoms with E-state index in [9.17, 15) is 27.2 Å². The summed E-state index contributed by atoms with van der Waals surface area (Å²) in [5, 5.41) is 0. The van der Waals surface area contributed by atoms with Crippen LogP contribution in [0.5, 0.6) is 0 Å². The summed E-state index contributed by atoms with van der Waals surface area (Å²) in [5.41, 5.74) is 1.12. The second-order valence-electron chi connectivity index (χ2n) is 6.53. The summed E-state index contributed by atoms with van der Waals surface area (Å²) in [6.45, 7) is 9.99. The zero-order valence-electron chi connectivity index (χ0n) is 17.1. The van der Waals surface area contributed by atoms with Crippen molar-refractivity contribution in [3.05, 3.63) is 95.3 Å². The molecule has 0 spiro atoms. The lowest BCUT2D eigenvalue weighted by Crippen LogP contribution is -2.06. The number of rotatable bonds is 6. The Labute approximate surface area is 177 Å². The number of benzene rings is 2. The highest BCUT2D eigenvalue weighted by atomic mass is 19.4. The van der Waals surface area contributed by atoms with Crippen LogP contribution in [0.3, 0.4) is 0 Å². The van der Waals surface area contributed by atoms with Crippen molar-refractivity contribution in [1.29, 1.82) is 0 Å². The number of esters is 2. The Balaban J connectivity index is 0.000000316. The average Bonchev–Trinajstić information content (AvgIpc) is 2.71. The number of alkyl halides is 3. The molecule has 0 N–H and O–H groups in total. The molecule has 0 aliphatic rings. The van der Waals surface area contributed by atoms with Gasteiger partial charge in [0.05, 0.1) is 5.56 Å². The van der Waals surface area contributed by atoms with Gasteiger partial charge >= 0.3 is 18.1 Å². The van der Waals surface area contributed by atoms with Gasteiger partial charge in [-0.1, -0.05) is 37.4 Å². The van der Waals surface area contributed by atoms with Crippen LogP contribution in [-0.2, 0) is 38.5 Å². The van der Waals surface area contributed by atoms with Crippen molar-refractivity contribution in [2.24, 2.45) is 0 Å². The fourth-order valence-electron chi connectivity index (χ4n) is 1.91. The van der Waals surface area contributed by atoms with Crippen LogP contribution in [0.1, 0.15) is 30.5 Å². The van der Waals surface area contributed by atoms with Crippen LogP contribution in [0.25, 0.3) is 0 Å². The van der Waals surface area contributed by atoms with Gasteiger partial charge in [-0.25, -0.2) is 14.0 Å². The first-order valence-corrected chi connectivity index (χ1v) is 8.96. The lowest BCUT2D eigenvalue weighted by Gasteiger charge is -2.08. The van der Waals surface area contributed by atoms with E-state index in [0.29, 0.717) is 11.1 Å². The molecule has 2 rings (SSSR count). The van der Waals surface area contributed by atoms with Crippen LogP contribution < -0.4 is 0 Å². The minimum atomic E-state index is -4.35. The van der Waals surface area contributed by atoms with Gasteiger partial charge in [-0.15, -0.1) is 0 Å². The zero-order valence-corrected chi connectivity index (χ0v) is 17.1. The van der Waals surface area contributed by atoms with Crippen LogP contribution in [0.2, 0.25) is 0 Å². The first kappa shape index (κ1) is 25.6. The third kappa shape index (κ3) is 9.75. The summed E-state index contributed by atoms with van der Waals surface area (Å²) in [5.74, 6) is -1.31. The molecule has 2 aromatic rings. The summed E-state index contributed by atoms with van der Waals surface area (Å²) in [6, 6.07) is 10.2. The highest BCUT2D eigenvalue weighted by Crippen LogP contribution is 2.29. The van der Waals surface area contributed by atoms with E-state index in [-0.39, 0.29) is 24.6 Å². The maximum atomic E-state index is 12.5. The van der Waals surface area contributed by atoms with Gasteiger partial charge in [-0.2, -0.15) is 13.2 Å². The van der Waals surface area contributed by atoms with Gasteiger partial charge in [-0.05, 0) is 49.2 Å². The Morgan fingerprint density at radius 2 is 1.13 bits per heavy atom. The topological polar surface area (TPSA) is 52.6 Å². The monoisotopic (exact) mass is 438 g/mol. The van der Waals surface area contributed by atoms with Crippen LogP contribution in [-0.4, -0.2) is 11.9 Å². The lowest BCUT2D eigenvalue weighted by molar-refractivity contribution is -0.141. The van der Waals surface area contributed by atoms with Crippen molar-refractivity contribution < 1.29 is 36.6 Å². The lowest BCUT2D eigenvalue weighted by atomic mass is 10.1. The maximum absolute atomic E-state index is 12.5. The summed E-state index contributed by atoms with van der Waals surface area (Å²) in [7, 11) is 0. The van der Waals surface area contributed by atoms with Crippen molar-refractivity contribution >= 4 is 11.9 Å². The molecule has 0 heterocycles. The van der Waals surface area contributed by atoms with Gasteiger partial charge < -0.3 is 9.47 Å². The van der Waals surface area contributed by atoms with Gasteiger partial charge in [0.15, 0.2) is 0 Å². The third-order valence-corrected chi connectivity index (χ3v) is 3.63. The number of carbonyl (C=O) groups is 2. The first-order chi connectivity index (χ1) is 14.4. The molecular formula is C23H22F4O4. The Kier molecular flexibility index (Phi) is 9.66. The van der Waals surface area contributed by atoms with Crippen molar-refractivity contribution in [3.63, 3.8) is 0 Å². The van der Waals surface area contributed by atoms with Crippen molar-refractivity contribution in [2.75, 3.05) is 0 Å². The molecule has 0 saturated heterocycles. The quantitative estimate of drug-likeness (QED) is 0.326. The molecule has 8 heteroatoms. The molecule has 0 saturated carbocycles. The van der Waals surface area contributed by atoms with Crippen molar-refractivity contribution in [3.8, 4) is 0 Å². The van der Waals surface area contributed by atoms with Crippen molar-refractivity contribution in [2.45, 2.75) is 33.2 Å². The molecule has 0 atom stereocenters. The van der Waals surface area contributed by atoms with Crippen LogP contribution in [0.4, 0.5) is 17.6 Å². The van der Waals surface area contributed by atoms with Crippen LogP contribution in [0, 0.1) is 5.82 Å². The number of ether oxygens (including phenoxy) is 2. The highest BCUT2D eigenvalue weighted by Gasteiger charge is 2.29. The Morgan fingerprint density at radius 3 is 1.45 bits per heavy atom.